The zero-order valence-corrected chi connectivity index (χ0v) is 18.2. The molecule has 0 aliphatic carbocycles. The van der Waals surface area contributed by atoms with Gasteiger partial charge in [-0.1, -0.05) is 60.0 Å². The highest BCUT2D eigenvalue weighted by atomic mass is 79.9. The number of nitrogens with zero attached hydrogens (tertiary/aromatic N) is 1. The molecule has 0 bridgehead atoms. The molecule has 0 saturated heterocycles. The highest BCUT2D eigenvalue weighted by Crippen LogP contribution is 2.25. The summed E-state index contributed by atoms with van der Waals surface area (Å²) in [6.45, 7) is 6.32. The normalized spacial score (nSPS) is 14.5. The van der Waals surface area contributed by atoms with Crippen molar-refractivity contribution in [2.75, 3.05) is 19.0 Å². The van der Waals surface area contributed by atoms with Gasteiger partial charge in [0.25, 0.3) is 0 Å². The predicted molar refractivity (Wildman–Crippen MR) is 108 cm³/mol. The number of hydrogen-bond acceptors (Lipinski definition) is 4. The lowest BCUT2D eigenvalue weighted by atomic mass is 10.0. The third-order valence-electron chi connectivity index (χ3n) is 4.43. The van der Waals surface area contributed by atoms with Crippen LogP contribution in [0, 0.1) is 12.8 Å². The Kier molecular flexibility index (Phi) is 9.54. The van der Waals surface area contributed by atoms with Gasteiger partial charge in [0, 0.05) is 24.0 Å². The highest BCUT2D eigenvalue weighted by molar-refractivity contribution is 9.09. The average molecular weight is 446 g/mol. The Morgan fingerprint density at radius 2 is 1.92 bits per heavy atom. The number of benzene rings is 1. The van der Waals surface area contributed by atoms with Crippen LogP contribution in [0.3, 0.4) is 0 Å². The maximum atomic E-state index is 13.2. The van der Waals surface area contributed by atoms with Gasteiger partial charge in [-0.05, 0) is 31.4 Å². The number of methoxy groups -OCH3 is 1. The third kappa shape index (κ3) is 6.21. The second-order valence-corrected chi connectivity index (χ2v) is 8.79. The summed E-state index contributed by atoms with van der Waals surface area (Å²) >= 11 is 3.48. The third-order valence-corrected chi connectivity index (χ3v) is 7.03. The molecule has 2 atom stereocenters. The summed E-state index contributed by atoms with van der Waals surface area (Å²) in [5.41, 5.74) is 1.01. The summed E-state index contributed by atoms with van der Waals surface area (Å²) in [4.78, 5) is 11.5. The molecule has 146 valence electrons. The van der Waals surface area contributed by atoms with E-state index in [1.165, 1.54) is 13.2 Å². The van der Waals surface area contributed by atoms with E-state index in [4.69, 9.17) is 0 Å². The molecule has 26 heavy (non-hydrogen) atoms. The Labute approximate surface area is 165 Å². The van der Waals surface area contributed by atoms with E-state index in [1.54, 1.807) is 34.6 Å². The monoisotopic (exact) mass is 445 g/mol. The molecule has 0 saturated carbocycles. The fourth-order valence-electron chi connectivity index (χ4n) is 2.54. The lowest BCUT2D eigenvalue weighted by molar-refractivity contribution is -0.134. The van der Waals surface area contributed by atoms with Crippen LogP contribution in [0.1, 0.15) is 32.3 Å². The number of esters is 1. The molecule has 0 fully saturated rings. The van der Waals surface area contributed by atoms with Crippen LogP contribution in [0.25, 0.3) is 0 Å². The number of hydrogen-bond donors (Lipinski definition) is 0. The lowest BCUT2D eigenvalue weighted by Gasteiger charge is -2.33. The molecule has 0 aliphatic heterocycles. The Bertz CT molecular complexity index is 701. The summed E-state index contributed by atoms with van der Waals surface area (Å²) in [6.07, 6.45) is 4.27. The summed E-state index contributed by atoms with van der Waals surface area (Å²) in [5.74, 6) is -0.254. The van der Waals surface area contributed by atoms with E-state index < -0.39 is 16.0 Å². The Morgan fingerprint density at radius 3 is 2.42 bits per heavy atom. The number of ether oxygens (including phenoxy) is 1. The molecule has 0 spiro atoms. The van der Waals surface area contributed by atoms with E-state index in [0.717, 1.165) is 12.0 Å². The smallest absolute Gasteiger partial charge is 0.330 e. The summed E-state index contributed by atoms with van der Waals surface area (Å²) in [6, 6.07) is 6.72. The molecule has 0 aliphatic rings. The van der Waals surface area contributed by atoms with Crippen molar-refractivity contribution in [3.05, 3.63) is 42.0 Å². The fraction of sp³-hybridized carbons (Fsp3) is 0.526. The number of halogens is 1. The van der Waals surface area contributed by atoms with Gasteiger partial charge in [0.15, 0.2) is 0 Å². The molecule has 1 aromatic rings. The average Bonchev–Trinajstić information content (AvgIpc) is 2.63. The van der Waals surface area contributed by atoms with Crippen LogP contribution in [-0.2, 0) is 19.6 Å². The van der Waals surface area contributed by atoms with Gasteiger partial charge in [0.05, 0.1) is 12.0 Å². The van der Waals surface area contributed by atoms with Gasteiger partial charge in [0.1, 0.15) is 0 Å². The van der Waals surface area contributed by atoms with Crippen LogP contribution in [0.5, 0.6) is 0 Å². The van der Waals surface area contributed by atoms with Crippen molar-refractivity contribution in [1.29, 1.82) is 0 Å². The van der Waals surface area contributed by atoms with E-state index in [1.807, 2.05) is 20.8 Å². The van der Waals surface area contributed by atoms with Crippen molar-refractivity contribution in [2.45, 2.75) is 44.6 Å². The topological polar surface area (TPSA) is 63.7 Å². The molecular weight excluding hydrogens is 418 g/mol. The molecule has 0 aromatic heterocycles. The van der Waals surface area contributed by atoms with Crippen LogP contribution >= 0.6 is 15.9 Å². The second kappa shape index (κ2) is 10.8. The molecule has 5 nitrogen and oxygen atoms in total. The molecule has 0 amide bonds. The van der Waals surface area contributed by atoms with Crippen molar-refractivity contribution in [3.63, 3.8) is 0 Å². The van der Waals surface area contributed by atoms with Gasteiger partial charge in [-0.25, -0.2) is 13.2 Å². The fourth-order valence-corrected chi connectivity index (χ4v) is 5.46. The number of alkyl halides is 1. The van der Waals surface area contributed by atoms with E-state index in [2.05, 4.69) is 20.7 Å². The zero-order valence-electron chi connectivity index (χ0n) is 15.8. The van der Waals surface area contributed by atoms with E-state index in [9.17, 15) is 13.2 Å². The molecule has 7 heteroatoms. The van der Waals surface area contributed by atoms with Crippen LogP contribution in [0.2, 0.25) is 0 Å². The molecular formula is C19H28BrNO4S. The second-order valence-electron chi connectivity index (χ2n) is 6.25. The number of sulfonamides is 1. The Morgan fingerprint density at radius 1 is 1.31 bits per heavy atom. The Balaban J connectivity index is 3.15. The number of aryl methyl sites for hydroxylation is 1. The quantitative estimate of drug-likeness (QED) is 0.311. The van der Waals surface area contributed by atoms with Crippen molar-refractivity contribution in [3.8, 4) is 0 Å². The molecule has 1 aromatic carbocycles. The van der Waals surface area contributed by atoms with Gasteiger partial charge in [0.2, 0.25) is 10.0 Å². The number of carbonyl (C=O) groups excluding carboxylic acids is 1. The minimum atomic E-state index is -3.64. The zero-order chi connectivity index (χ0) is 19.7. The lowest BCUT2D eigenvalue weighted by Crippen LogP contribution is -2.45. The summed E-state index contributed by atoms with van der Waals surface area (Å²) in [7, 11) is -2.33. The first-order chi connectivity index (χ1) is 12.3. The molecule has 0 heterocycles. The predicted octanol–water partition coefficient (Wildman–Crippen LogP) is 3.91. The van der Waals surface area contributed by atoms with Crippen molar-refractivity contribution in [2.24, 2.45) is 5.92 Å². The van der Waals surface area contributed by atoms with Gasteiger partial charge in [-0.3, -0.25) is 0 Å². The van der Waals surface area contributed by atoms with E-state index >= 15 is 0 Å². The minimum absolute atomic E-state index is 0.169. The summed E-state index contributed by atoms with van der Waals surface area (Å²) in [5, 5.41) is 0.549. The van der Waals surface area contributed by atoms with Crippen LogP contribution < -0.4 is 0 Å². The van der Waals surface area contributed by atoms with E-state index in [0.29, 0.717) is 18.3 Å². The van der Waals surface area contributed by atoms with Gasteiger partial charge in [-0.15, -0.1) is 0 Å². The molecule has 0 radical (unpaired) electrons. The van der Waals surface area contributed by atoms with Crippen molar-refractivity contribution < 1.29 is 17.9 Å². The standard InChI is InChI=1S/C19H28BrNO4S/c1-5-16(3)18(14-20)21(13-7-6-8-19(22)25-4)26(23,24)17-11-9-15(2)10-12-17/h6,8-12,16,18H,5,7,13-14H2,1-4H3/b8-6+/t16-,18+/m0/s1. The van der Waals surface area contributed by atoms with Crippen LogP contribution in [0.15, 0.2) is 41.3 Å². The first-order valence-corrected chi connectivity index (χ1v) is 11.2. The largest absolute Gasteiger partial charge is 0.466 e. The van der Waals surface area contributed by atoms with Crippen molar-refractivity contribution >= 4 is 31.9 Å². The molecule has 0 N–H and O–H groups in total. The highest BCUT2D eigenvalue weighted by Gasteiger charge is 2.33. The first-order valence-electron chi connectivity index (χ1n) is 8.66. The van der Waals surface area contributed by atoms with Crippen LogP contribution in [0.4, 0.5) is 0 Å². The van der Waals surface area contributed by atoms with Crippen LogP contribution in [-0.4, -0.2) is 43.7 Å². The van der Waals surface area contributed by atoms with E-state index in [-0.39, 0.29) is 16.9 Å². The van der Waals surface area contributed by atoms with Gasteiger partial charge in [-0.2, -0.15) is 4.31 Å². The number of rotatable bonds is 10. The maximum absolute atomic E-state index is 13.2. The van der Waals surface area contributed by atoms with Crippen molar-refractivity contribution in [1.82, 2.24) is 4.31 Å². The summed E-state index contributed by atoms with van der Waals surface area (Å²) < 4.78 is 32.6. The maximum Gasteiger partial charge on any atom is 0.330 e. The Hall–Kier alpha value is -1.18. The minimum Gasteiger partial charge on any atom is -0.466 e. The first kappa shape index (κ1) is 22.9. The SMILES string of the molecule is CC[C@H](C)[C@@H](CBr)N(CC/C=C/C(=O)OC)S(=O)(=O)c1ccc(C)cc1. The molecule has 1 rings (SSSR count). The van der Waals surface area contributed by atoms with Gasteiger partial charge < -0.3 is 4.74 Å². The number of carbonyl (C=O) groups is 1. The van der Waals surface area contributed by atoms with Gasteiger partial charge >= 0.3 is 5.97 Å². The molecule has 0 unspecified atom stereocenters.